The summed E-state index contributed by atoms with van der Waals surface area (Å²) in [6.07, 6.45) is 0.995. The molecule has 0 bridgehead atoms. The largest absolute Gasteiger partial charge is 0.497 e. The number of hydrogen-bond donors (Lipinski definition) is 0. The minimum absolute atomic E-state index is 0.914. The molecule has 0 spiro atoms. The molecule has 1 nitrogen and oxygen atoms in total. The summed E-state index contributed by atoms with van der Waals surface area (Å²) in [7, 11) is 1.70. The average Bonchev–Trinajstić information content (AvgIpc) is 2.77. The van der Waals surface area contributed by atoms with Gasteiger partial charge in [0.25, 0.3) is 0 Å². The van der Waals surface area contributed by atoms with Gasteiger partial charge in [0.2, 0.25) is 0 Å². The first-order valence-corrected chi connectivity index (χ1v) is 7.19. The summed E-state index contributed by atoms with van der Waals surface area (Å²) < 4.78 is 6.57. The minimum atomic E-state index is 0.914. The van der Waals surface area contributed by atoms with Crippen LogP contribution in [-0.2, 0) is 6.42 Å². The van der Waals surface area contributed by atoms with Crippen LogP contribution in [0.4, 0.5) is 0 Å². The minimum Gasteiger partial charge on any atom is -0.497 e. The Morgan fingerprint density at radius 1 is 1.00 bits per heavy atom. The molecule has 0 N–H and O–H groups in total. The maximum atomic E-state index is 5.19. The molecule has 2 heteroatoms. The van der Waals surface area contributed by atoms with Crippen LogP contribution in [0.2, 0.25) is 0 Å². The Labute approximate surface area is 117 Å². The molecule has 1 aromatic heterocycles. The first kappa shape index (κ1) is 12.2. The molecule has 0 aliphatic rings. The number of hydrogen-bond acceptors (Lipinski definition) is 2. The predicted molar refractivity (Wildman–Crippen MR) is 82.4 cm³/mol. The summed E-state index contributed by atoms with van der Waals surface area (Å²) in [6, 6.07) is 17.0. The van der Waals surface area contributed by atoms with Crippen molar-refractivity contribution in [3.63, 3.8) is 0 Å². The van der Waals surface area contributed by atoms with Crippen molar-refractivity contribution in [2.45, 2.75) is 13.3 Å². The highest BCUT2D eigenvalue weighted by Crippen LogP contribution is 2.32. The molecule has 2 aromatic carbocycles. The Balaban J connectivity index is 1.94. The molecule has 0 aliphatic heterocycles. The number of ether oxygens (including phenoxy) is 1. The second-order valence-corrected chi connectivity index (χ2v) is 5.81. The van der Waals surface area contributed by atoms with Crippen molar-refractivity contribution in [2.75, 3.05) is 7.11 Å². The highest BCUT2D eigenvalue weighted by Gasteiger charge is 2.08. The van der Waals surface area contributed by atoms with Gasteiger partial charge in [0.15, 0.2) is 0 Å². The molecule has 0 aliphatic carbocycles. The molecule has 19 heavy (non-hydrogen) atoms. The Kier molecular flexibility index (Phi) is 3.26. The van der Waals surface area contributed by atoms with Gasteiger partial charge in [0.05, 0.1) is 7.11 Å². The van der Waals surface area contributed by atoms with Crippen LogP contribution in [0.5, 0.6) is 5.75 Å². The lowest BCUT2D eigenvalue weighted by Crippen LogP contribution is -1.88. The zero-order valence-corrected chi connectivity index (χ0v) is 12.0. The van der Waals surface area contributed by atoms with Gasteiger partial charge in [-0.15, -0.1) is 11.3 Å². The first-order chi connectivity index (χ1) is 9.28. The van der Waals surface area contributed by atoms with Crippen LogP contribution >= 0.6 is 11.3 Å². The van der Waals surface area contributed by atoms with Crippen molar-refractivity contribution >= 4 is 21.4 Å². The van der Waals surface area contributed by atoms with E-state index in [-0.39, 0.29) is 0 Å². The summed E-state index contributed by atoms with van der Waals surface area (Å²) >= 11 is 1.90. The van der Waals surface area contributed by atoms with Gasteiger partial charge < -0.3 is 4.74 Å². The van der Waals surface area contributed by atoms with Gasteiger partial charge in [-0.3, -0.25) is 0 Å². The molecule has 3 aromatic rings. The van der Waals surface area contributed by atoms with Gasteiger partial charge >= 0.3 is 0 Å². The number of benzene rings is 2. The first-order valence-electron chi connectivity index (χ1n) is 6.38. The average molecular weight is 268 g/mol. The highest BCUT2D eigenvalue weighted by molar-refractivity contribution is 7.19. The standard InChI is InChI=1S/C17H16OS/c1-12-15-5-3-4-6-16(15)19-17(12)11-13-7-9-14(18-2)10-8-13/h3-10H,11H2,1-2H3. The molecule has 1 heterocycles. The SMILES string of the molecule is COc1ccc(Cc2sc3ccccc3c2C)cc1. The maximum Gasteiger partial charge on any atom is 0.118 e. The van der Waals surface area contributed by atoms with Gasteiger partial charge in [-0.25, -0.2) is 0 Å². The quantitative estimate of drug-likeness (QED) is 0.662. The van der Waals surface area contributed by atoms with Crippen LogP contribution in [0, 0.1) is 6.92 Å². The second kappa shape index (κ2) is 5.06. The molecule has 0 saturated carbocycles. The van der Waals surface area contributed by atoms with Crippen LogP contribution in [-0.4, -0.2) is 7.11 Å². The van der Waals surface area contributed by atoms with E-state index in [0.717, 1.165) is 12.2 Å². The van der Waals surface area contributed by atoms with Crippen molar-refractivity contribution in [3.8, 4) is 5.75 Å². The van der Waals surface area contributed by atoms with Crippen LogP contribution in [0.1, 0.15) is 16.0 Å². The third kappa shape index (κ3) is 2.36. The van der Waals surface area contributed by atoms with Gasteiger partial charge in [0.1, 0.15) is 5.75 Å². The van der Waals surface area contributed by atoms with Crippen molar-refractivity contribution < 1.29 is 4.74 Å². The third-order valence-electron chi connectivity index (χ3n) is 3.47. The molecule has 0 atom stereocenters. The molecule has 0 radical (unpaired) electrons. The number of aryl methyl sites for hydroxylation is 1. The molecule has 0 amide bonds. The summed E-state index contributed by atoms with van der Waals surface area (Å²) in [4.78, 5) is 1.45. The monoisotopic (exact) mass is 268 g/mol. The van der Waals surface area contributed by atoms with Crippen LogP contribution < -0.4 is 4.74 Å². The topological polar surface area (TPSA) is 9.23 Å². The third-order valence-corrected chi connectivity index (χ3v) is 4.74. The fourth-order valence-corrected chi connectivity index (χ4v) is 3.57. The van der Waals surface area contributed by atoms with Crippen LogP contribution in [0.15, 0.2) is 48.5 Å². The zero-order chi connectivity index (χ0) is 13.2. The van der Waals surface area contributed by atoms with E-state index in [1.165, 1.54) is 26.1 Å². The molecule has 0 fully saturated rings. The summed E-state index contributed by atoms with van der Waals surface area (Å²) in [6.45, 7) is 2.22. The normalized spacial score (nSPS) is 10.8. The van der Waals surface area contributed by atoms with E-state index in [1.807, 2.05) is 23.5 Å². The van der Waals surface area contributed by atoms with Gasteiger partial charge in [0, 0.05) is 16.0 Å². The second-order valence-electron chi connectivity index (χ2n) is 4.67. The fourth-order valence-electron chi connectivity index (χ4n) is 2.32. The molecule has 0 saturated heterocycles. The molecule has 3 rings (SSSR count). The maximum absolute atomic E-state index is 5.19. The van der Waals surface area contributed by atoms with E-state index in [2.05, 4.69) is 43.3 Å². The van der Waals surface area contributed by atoms with E-state index in [9.17, 15) is 0 Å². The van der Waals surface area contributed by atoms with E-state index in [1.54, 1.807) is 7.11 Å². The Hall–Kier alpha value is -1.80. The van der Waals surface area contributed by atoms with Crippen molar-refractivity contribution in [2.24, 2.45) is 0 Å². The molecule has 96 valence electrons. The zero-order valence-electron chi connectivity index (χ0n) is 11.1. The van der Waals surface area contributed by atoms with Crippen LogP contribution in [0.25, 0.3) is 10.1 Å². The van der Waals surface area contributed by atoms with Gasteiger partial charge in [-0.2, -0.15) is 0 Å². The number of fused-ring (bicyclic) bond motifs is 1. The van der Waals surface area contributed by atoms with Crippen molar-refractivity contribution in [1.29, 1.82) is 0 Å². The highest BCUT2D eigenvalue weighted by atomic mass is 32.1. The summed E-state index contributed by atoms with van der Waals surface area (Å²) in [5, 5.41) is 1.39. The molecular weight excluding hydrogens is 252 g/mol. The lowest BCUT2D eigenvalue weighted by Gasteiger charge is -2.03. The lowest BCUT2D eigenvalue weighted by atomic mass is 10.1. The van der Waals surface area contributed by atoms with E-state index < -0.39 is 0 Å². The van der Waals surface area contributed by atoms with Crippen LogP contribution in [0.3, 0.4) is 0 Å². The van der Waals surface area contributed by atoms with E-state index in [0.29, 0.717) is 0 Å². The van der Waals surface area contributed by atoms with E-state index in [4.69, 9.17) is 4.74 Å². The molecule has 0 unspecified atom stereocenters. The van der Waals surface area contributed by atoms with Gasteiger partial charge in [-0.05, 0) is 41.6 Å². The lowest BCUT2D eigenvalue weighted by molar-refractivity contribution is 0.414. The van der Waals surface area contributed by atoms with Crippen molar-refractivity contribution in [3.05, 3.63) is 64.5 Å². The predicted octanol–water partition coefficient (Wildman–Crippen LogP) is 4.81. The smallest absolute Gasteiger partial charge is 0.118 e. The number of thiophene rings is 1. The Bertz CT molecular complexity index is 695. The number of rotatable bonds is 3. The van der Waals surface area contributed by atoms with E-state index >= 15 is 0 Å². The Morgan fingerprint density at radius 2 is 1.74 bits per heavy atom. The van der Waals surface area contributed by atoms with Crippen molar-refractivity contribution in [1.82, 2.24) is 0 Å². The summed E-state index contributed by atoms with van der Waals surface area (Å²) in [5.74, 6) is 0.914. The summed E-state index contributed by atoms with van der Waals surface area (Å²) in [5.41, 5.74) is 2.74. The number of methoxy groups -OCH3 is 1. The Morgan fingerprint density at radius 3 is 2.42 bits per heavy atom. The molecular formula is C17H16OS. The fraction of sp³-hybridized carbons (Fsp3) is 0.176. The van der Waals surface area contributed by atoms with Gasteiger partial charge in [-0.1, -0.05) is 30.3 Å².